The van der Waals surface area contributed by atoms with Crippen LogP contribution in [0.15, 0.2) is 47.3 Å². The van der Waals surface area contributed by atoms with Gasteiger partial charge in [-0.1, -0.05) is 37.5 Å². The van der Waals surface area contributed by atoms with Crippen LogP contribution in [0.4, 0.5) is 5.69 Å². The number of aromatic amines is 2. The van der Waals surface area contributed by atoms with Crippen LogP contribution in [-0.4, -0.2) is 62.9 Å². The van der Waals surface area contributed by atoms with Crippen LogP contribution in [0.1, 0.15) is 42.5 Å². The van der Waals surface area contributed by atoms with E-state index in [-0.39, 0.29) is 11.5 Å². The number of piperazine rings is 1. The standard InChI is InChI=1S/C27H30N6O2/c28-24-19-8-4-5-9-20(19)31-26(34)23(24)25-29-21-11-10-17(16-22(21)30-25)27(35)33-14-12-32(13-15-33)18-6-2-1-3-7-18/h4-5,8-11,16,18H,1-3,6-7,12-15H2,(H,29,30)(H3,28,31,34). The predicted octanol–water partition coefficient (Wildman–Crippen LogP) is 3.74. The topological polar surface area (TPSA) is 111 Å². The molecule has 1 saturated heterocycles. The largest absolute Gasteiger partial charge is 0.397 e. The van der Waals surface area contributed by atoms with Crippen molar-refractivity contribution >= 4 is 33.5 Å². The van der Waals surface area contributed by atoms with Crippen molar-refractivity contribution < 1.29 is 4.79 Å². The first kappa shape index (κ1) is 21.9. The smallest absolute Gasteiger partial charge is 0.261 e. The highest BCUT2D eigenvalue weighted by Crippen LogP contribution is 2.29. The molecule has 8 nitrogen and oxygen atoms in total. The lowest BCUT2D eigenvalue weighted by Crippen LogP contribution is -2.52. The number of hydrogen-bond acceptors (Lipinski definition) is 5. The number of carbonyl (C=O) groups excluding carboxylic acids is 1. The Kier molecular flexibility index (Phi) is 5.53. The van der Waals surface area contributed by atoms with Crippen molar-refractivity contribution in [1.82, 2.24) is 24.8 Å². The van der Waals surface area contributed by atoms with Gasteiger partial charge in [-0.2, -0.15) is 0 Å². The van der Waals surface area contributed by atoms with Crippen LogP contribution in [0.25, 0.3) is 33.3 Å². The van der Waals surface area contributed by atoms with Crippen molar-refractivity contribution in [3.05, 3.63) is 58.4 Å². The number of amides is 1. The minimum Gasteiger partial charge on any atom is -0.397 e. The highest BCUT2D eigenvalue weighted by atomic mass is 16.2. The number of nitrogens with two attached hydrogens (primary N) is 1. The van der Waals surface area contributed by atoms with Crippen molar-refractivity contribution in [2.75, 3.05) is 31.9 Å². The predicted molar refractivity (Wildman–Crippen MR) is 138 cm³/mol. The van der Waals surface area contributed by atoms with Gasteiger partial charge in [-0.25, -0.2) is 4.98 Å². The molecule has 8 heteroatoms. The number of benzene rings is 2. The third kappa shape index (κ3) is 3.97. The van der Waals surface area contributed by atoms with Crippen LogP contribution >= 0.6 is 0 Å². The zero-order valence-corrected chi connectivity index (χ0v) is 19.7. The molecule has 0 radical (unpaired) electrons. The Balaban J connectivity index is 1.24. The molecule has 1 amide bonds. The maximum Gasteiger partial charge on any atom is 0.261 e. The fraction of sp³-hybridized carbons (Fsp3) is 0.370. The number of nitrogens with one attached hydrogen (secondary N) is 2. The van der Waals surface area contributed by atoms with Gasteiger partial charge in [0.15, 0.2) is 0 Å². The Bertz CT molecular complexity index is 1460. The number of nitrogen functional groups attached to an aromatic ring is 1. The van der Waals surface area contributed by atoms with Crippen molar-refractivity contribution in [3.8, 4) is 11.4 Å². The van der Waals surface area contributed by atoms with E-state index in [4.69, 9.17) is 5.73 Å². The first-order chi connectivity index (χ1) is 17.1. The zero-order valence-electron chi connectivity index (χ0n) is 19.7. The Morgan fingerprint density at radius 3 is 2.51 bits per heavy atom. The number of fused-ring (bicyclic) bond motifs is 2. The van der Waals surface area contributed by atoms with E-state index in [1.54, 1.807) is 6.07 Å². The average Bonchev–Trinajstić information content (AvgIpc) is 3.31. The summed E-state index contributed by atoms with van der Waals surface area (Å²) in [5, 5.41) is 0.769. The summed E-state index contributed by atoms with van der Waals surface area (Å²) in [6.45, 7) is 3.38. The number of rotatable bonds is 3. The molecule has 1 aliphatic heterocycles. The lowest BCUT2D eigenvalue weighted by molar-refractivity contribution is 0.0523. The lowest BCUT2D eigenvalue weighted by atomic mass is 9.94. The van der Waals surface area contributed by atoms with Gasteiger partial charge in [0.25, 0.3) is 11.5 Å². The Labute approximate surface area is 203 Å². The maximum absolute atomic E-state index is 13.3. The Morgan fingerprint density at radius 1 is 0.943 bits per heavy atom. The van der Waals surface area contributed by atoms with Crippen LogP contribution in [0, 0.1) is 0 Å². The van der Waals surface area contributed by atoms with Gasteiger partial charge < -0.3 is 20.6 Å². The number of aromatic nitrogens is 3. The molecular formula is C27H30N6O2. The second kappa shape index (κ2) is 8.85. The number of para-hydroxylation sites is 1. The van der Waals surface area contributed by atoms with E-state index < -0.39 is 0 Å². The van der Waals surface area contributed by atoms with E-state index in [9.17, 15) is 9.59 Å². The number of H-pyrrole nitrogens is 2. The van der Waals surface area contributed by atoms with E-state index >= 15 is 0 Å². The summed E-state index contributed by atoms with van der Waals surface area (Å²) in [5.74, 6) is 0.429. The lowest BCUT2D eigenvalue weighted by Gasteiger charge is -2.40. The molecule has 0 bridgehead atoms. The van der Waals surface area contributed by atoms with Crippen molar-refractivity contribution in [2.24, 2.45) is 0 Å². The van der Waals surface area contributed by atoms with E-state index in [1.165, 1.54) is 32.1 Å². The SMILES string of the molecule is Nc1c(-c2nc3cc(C(=O)N4CCN(C5CCCCC5)CC4)ccc3[nH]2)c(=O)[nH]c2ccccc12. The molecule has 4 aromatic rings. The summed E-state index contributed by atoms with van der Waals surface area (Å²) >= 11 is 0. The van der Waals surface area contributed by atoms with Gasteiger partial charge >= 0.3 is 0 Å². The molecule has 1 aliphatic carbocycles. The molecule has 3 heterocycles. The van der Waals surface area contributed by atoms with Crippen LogP contribution in [0.3, 0.4) is 0 Å². The highest BCUT2D eigenvalue weighted by Gasteiger charge is 2.27. The molecule has 0 unspecified atom stereocenters. The van der Waals surface area contributed by atoms with E-state index in [0.717, 1.165) is 37.1 Å². The molecule has 2 fully saturated rings. The van der Waals surface area contributed by atoms with Gasteiger partial charge in [0.1, 0.15) is 11.4 Å². The molecule has 6 rings (SSSR count). The monoisotopic (exact) mass is 470 g/mol. The van der Waals surface area contributed by atoms with Crippen LogP contribution in [0.5, 0.6) is 0 Å². The first-order valence-corrected chi connectivity index (χ1v) is 12.5. The number of carbonyl (C=O) groups is 1. The van der Waals surface area contributed by atoms with Gasteiger partial charge in [0.2, 0.25) is 0 Å². The minimum atomic E-state index is -0.299. The first-order valence-electron chi connectivity index (χ1n) is 12.5. The van der Waals surface area contributed by atoms with Gasteiger partial charge in [-0.05, 0) is 37.1 Å². The number of imidazole rings is 1. The summed E-state index contributed by atoms with van der Waals surface area (Å²) < 4.78 is 0. The summed E-state index contributed by atoms with van der Waals surface area (Å²) in [4.78, 5) is 41.3. The van der Waals surface area contributed by atoms with Crippen LogP contribution < -0.4 is 11.3 Å². The number of anilines is 1. The van der Waals surface area contributed by atoms with Crippen molar-refractivity contribution in [1.29, 1.82) is 0 Å². The zero-order chi connectivity index (χ0) is 23.9. The molecule has 180 valence electrons. The summed E-state index contributed by atoms with van der Waals surface area (Å²) in [7, 11) is 0. The van der Waals surface area contributed by atoms with E-state index in [2.05, 4.69) is 19.9 Å². The normalized spacial score (nSPS) is 17.9. The Hall–Kier alpha value is -3.65. The summed E-state index contributed by atoms with van der Waals surface area (Å²) in [6, 6.07) is 13.6. The number of hydrogen-bond donors (Lipinski definition) is 3. The molecule has 2 aliphatic rings. The molecule has 4 N–H and O–H groups in total. The molecule has 35 heavy (non-hydrogen) atoms. The maximum atomic E-state index is 13.3. The Morgan fingerprint density at radius 2 is 1.71 bits per heavy atom. The molecule has 1 saturated carbocycles. The van der Waals surface area contributed by atoms with Gasteiger partial charge in [-0.15, -0.1) is 0 Å². The molecule has 0 atom stereocenters. The van der Waals surface area contributed by atoms with Gasteiger partial charge in [0.05, 0.1) is 22.2 Å². The molecule has 2 aromatic heterocycles. The van der Waals surface area contributed by atoms with E-state index in [1.807, 2.05) is 41.3 Å². The third-order valence-corrected chi connectivity index (χ3v) is 7.62. The second-order valence-electron chi connectivity index (χ2n) is 9.73. The number of pyridine rings is 1. The minimum absolute atomic E-state index is 0.0304. The fourth-order valence-corrected chi connectivity index (χ4v) is 5.68. The molecule has 2 aromatic carbocycles. The highest BCUT2D eigenvalue weighted by molar-refractivity contribution is 5.99. The average molecular weight is 471 g/mol. The van der Waals surface area contributed by atoms with Crippen molar-refractivity contribution in [2.45, 2.75) is 38.1 Å². The van der Waals surface area contributed by atoms with E-state index in [0.29, 0.717) is 39.7 Å². The molecular weight excluding hydrogens is 440 g/mol. The second-order valence-corrected chi connectivity index (χ2v) is 9.73. The summed E-state index contributed by atoms with van der Waals surface area (Å²) in [5.41, 5.74) is 9.46. The fourth-order valence-electron chi connectivity index (χ4n) is 5.68. The third-order valence-electron chi connectivity index (χ3n) is 7.62. The van der Waals surface area contributed by atoms with Crippen LogP contribution in [-0.2, 0) is 0 Å². The van der Waals surface area contributed by atoms with Crippen molar-refractivity contribution in [3.63, 3.8) is 0 Å². The molecule has 0 spiro atoms. The van der Waals surface area contributed by atoms with Gasteiger partial charge in [0, 0.05) is 43.2 Å². The summed E-state index contributed by atoms with van der Waals surface area (Å²) in [6.07, 6.45) is 6.58. The number of nitrogens with zero attached hydrogens (tertiary/aromatic N) is 3. The van der Waals surface area contributed by atoms with Gasteiger partial charge in [-0.3, -0.25) is 14.5 Å². The quantitative estimate of drug-likeness (QED) is 0.422. The van der Waals surface area contributed by atoms with Crippen LogP contribution in [0.2, 0.25) is 0 Å².